The highest BCUT2D eigenvalue weighted by Crippen LogP contribution is 2.45. The maximum Gasteiger partial charge on any atom is 0.304 e. The van der Waals surface area contributed by atoms with Gasteiger partial charge in [-0.1, -0.05) is 12.1 Å². The van der Waals surface area contributed by atoms with E-state index < -0.39 is 22.1 Å². The molecule has 3 aromatic rings. The topological polar surface area (TPSA) is 102 Å². The Balaban J connectivity index is 1.19. The maximum atomic E-state index is 15.3. The van der Waals surface area contributed by atoms with Crippen LogP contribution in [0.3, 0.4) is 0 Å². The van der Waals surface area contributed by atoms with Crippen LogP contribution in [0.5, 0.6) is 17.2 Å². The predicted molar refractivity (Wildman–Crippen MR) is 155 cm³/mol. The average Bonchev–Trinajstić information content (AvgIpc) is 3.47. The highest BCUT2D eigenvalue weighted by Gasteiger charge is 2.34. The van der Waals surface area contributed by atoms with Crippen molar-refractivity contribution < 1.29 is 36.9 Å². The quantitative estimate of drug-likeness (QED) is 0.354. The van der Waals surface area contributed by atoms with Gasteiger partial charge in [0.1, 0.15) is 29.2 Å². The van der Waals surface area contributed by atoms with E-state index in [1.807, 2.05) is 38.1 Å². The number of rotatable bonds is 9. The van der Waals surface area contributed by atoms with Crippen LogP contribution in [0, 0.1) is 25.6 Å². The Labute approximate surface area is 245 Å². The monoisotopic (exact) mass is 595 g/mol. The summed E-state index contributed by atoms with van der Waals surface area (Å²) in [5.41, 5.74) is 6.41. The molecule has 1 N–H and O–H groups in total. The first kappa shape index (κ1) is 28.5. The number of fused-ring (bicyclic) bond motifs is 2. The second-order valence-electron chi connectivity index (χ2n) is 11.6. The van der Waals surface area contributed by atoms with Gasteiger partial charge in [0.2, 0.25) is 10.0 Å². The highest BCUT2D eigenvalue weighted by molar-refractivity contribution is 7.88. The van der Waals surface area contributed by atoms with Crippen molar-refractivity contribution in [2.75, 3.05) is 32.6 Å². The maximum absolute atomic E-state index is 15.3. The van der Waals surface area contributed by atoms with Gasteiger partial charge in [0.25, 0.3) is 0 Å². The van der Waals surface area contributed by atoms with Crippen molar-refractivity contribution in [2.24, 2.45) is 5.92 Å². The van der Waals surface area contributed by atoms with Crippen LogP contribution in [0.1, 0.15) is 52.7 Å². The highest BCUT2D eigenvalue weighted by atomic mass is 32.2. The number of carbonyl (C=O) groups is 1. The Hall–Kier alpha value is -3.63. The fourth-order valence-electron chi connectivity index (χ4n) is 6.44. The molecule has 2 atom stereocenters. The van der Waals surface area contributed by atoms with Gasteiger partial charge in [0.05, 0.1) is 25.9 Å². The molecule has 0 unspecified atom stereocenters. The summed E-state index contributed by atoms with van der Waals surface area (Å²) in [7, 11) is -3.15. The zero-order valence-corrected chi connectivity index (χ0v) is 24.7. The van der Waals surface area contributed by atoms with Crippen molar-refractivity contribution in [3.8, 4) is 28.4 Å². The van der Waals surface area contributed by atoms with E-state index in [9.17, 15) is 13.2 Å². The van der Waals surface area contributed by atoms with Crippen LogP contribution in [-0.4, -0.2) is 56.4 Å². The van der Waals surface area contributed by atoms with Crippen molar-refractivity contribution >= 4 is 16.0 Å². The lowest BCUT2D eigenvalue weighted by Crippen LogP contribution is -2.51. The molecule has 3 aromatic carbocycles. The Morgan fingerprint density at radius 1 is 1.10 bits per heavy atom. The number of hydrogen-bond acceptors (Lipinski definition) is 6. The predicted octanol–water partition coefficient (Wildman–Crippen LogP) is 5.40. The molecule has 10 heteroatoms. The van der Waals surface area contributed by atoms with Crippen LogP contribution in [0.4, 0.5) is 4.39 Å². The Bertz CT molecular complexity index is 1640. The molecule has 1 fully saturated rings. The van der Waals surface area contributed by atoms with E-state index in [2.05, 4.69) is 0 Å². The summed E-state index contributed by atoms with van der Waals surface area (Å²) in [5.74, 6) is 0.725. The zero-order valence-electron chi connectivity index (χ0n) is 23.9. The molecule has 0 aromatic heterocycles. The smallest absolute Gasteiger partial charge is 0.304 e. The van der Waals surface area contributed by atoms with Crippen molar-refractivity contribution in [1.82, 2.24) is 4.31 Å². The minimum Gasteiger partial charge on any atom is -0.493 e. The molecule has 8 nitrogen and oxygen atoms in total. The Kier molecular flexibility index (Phi) is 7.39. The number of halogens is 1. The minimum atomic E-state index is -3.15. The first-order valence-corrected chi connectivity index (χ1v) is 16.0. The van der Waals surface area contributed by atoms with Gasteiger partial charge in [0, 0.05) is 42.1 Å². The van der Waals surface area contributed by atoms with Gasteiger partial charge >= 0.3 is 5.97 Å². The number of benzene rings is 3. The summed E-state index contributed by atoms with van der Waals surface area (Å²) in [6.07, 6.45) is 2.08. The summed E-state index contributed by atoms with van der Waals surface area (Å²) in [6.45, 7) is 5.76. The second-order valence-corrected chi connectivity index (χ2v) is 13.6. The lowest BCUT2D eigenvalue weighted by atomic mass is 9.90. The summed E-state index contributed by atoms with van der Waals surface area (Å²) in [6, 6.07) is 12.7. The van der Waals surface area contributed by atoms with E-state index in [4.69, 9.17) is 19.3 Å². The van der Waals surface area contributed by atoms with Crippen LogP contribution in [0.15, 0.2) is 42.5 Å². The van der Waals surface area contributed by atoms with E-state index in [1.54, 1.807) is 12.1 Å². The molecular weight excluding hydrogens is 561 g/mol. The molecule has 1 aliphatic carbocycles. The molecular formula is C32H34FNO7S. The molecule has 2 heterocycles. The molecule has 3 aliphatic rings. The minimum absolute atomic E-state index is 0.00771. The fraction of sp³-hybridized carbons (Fsp3) is 0.406. The second kappa shape index (κ2) is 10.9. The SMILES string of the molecule is Cc1cc(OCC2CN(S(C)(=O)=O)C2)cc(C)c1-c1ccc(F)c2c1CC[C@H]2Oc1ccc2c(c1)OC[C@H]2CC(=O)O. The lowest BCUT2D eigenvalue weighted by molar-refractivity contribution is -0.137. The normalized spacial score (nSPS) is 20.0. The van der Waals surface area contributed by atoms with Crippen LogP contribution >= 0.6 is 0 Å². The number of carboxylic acid groups (broad SMARTS) is 1. The Morgan fingerprint density at radius 3 is 2.52 bits per heavy atom. The molecule has 0 bridgehead atoms. The first-order chi connectivity index (χ1) is 20.0. The molecule has 2 aliphatic heterocycles. The summed E-state index contributed by atoms with van der Waals surface area (Å²) in [4.78, 5) is 11.2. The number of carboxylic acids is 1. The van der Waals surface area contributed by atoms with Gasteiger partial charge < -0.3 is 19.3 Å². The largest absolute Gasteiger partial charge is 0.493 e. The third kappa shape index (κ3) is 5.45. The fourth-order valence-corrected chi connectivity index (χ4v) is 7.41. The van der Waals surface area contributed by atoms with Crippen molar-refractivity contribution in [2.45, 2.75) is 45.1 Å². The van der Waals surface area contributed by atoms with E-state index in [0.29, 0.717) is 56.2 Å². The van der Waals surface area contributed by atoms with Gasteiger partial charge in [-0.25, -0.2) is 17.1 Å². The third-order valence-corrected chi connectivity index (χ3v) is 9.74. The van der Waals surface area contributed by atoms with Gasteiger partial charge in [-0.05, 0) is 78.8 Å². The summed E-state index contributed by atoms with van der Waals surface area (Å²) in [5, 5.41) is 9.16. The number of ether oxygens (including phenoxy) is 3. The van der Waals surface area contributed by atoms with E-state index in [1.165, 1.54) is 16.6 Å². The van der Waals surface area contributed by atoms with E-state index >= 15 is 4.39 Å². The van der Waals surface area contributed by atoms with Crippen molar-refractivity contribution in [3.05, 3.63) is 76.1 Å². The molecule has 0 spiro atoms. The third-order valence-electron chi connectivity index (χ3n) is 8.50. The number of aryl methyl sites for hydroxylation is 2. The molecule has 0 amide bonds. The molecule has 42 heavy (non-hydrogen) atoms. The van der Waals surface area contributed by atoms with Crippen LogP contribution in [0.25, 0.3) is 11.1 Å². The number of hydrogen-bond donors (Lipinski definition) is 1. The number of aliphatic carboxylic acids is 1. The zero-order chi connectivity index (χ0) is 29.8. The van der Waals surface area contributed by atoms with Crippen LogP contribution < -0.4 is 14.2 Å². The molecule has 0 saturated carbocycles. The van der Waals surface area contributed by atoms with Gasteiger partial charge in [-0.15, -0.1) is 0 Å². The summed E-state index contributed by atoms with van der Waals surface area (Å²) >= 11 is 0. The standard InChI is InChI=1S/C32H34FNO7S/c1-18-10-23(39-16-20-14-34(15-20)42(3,37)38)11-19(2)31(18)25-6-8-27(33)32-26(25)7-9-28(32)41-22-4-5-24-21(12-30(35)36)17-40-29(24)13-22/h4-6,8,10-11,13,20-21,28H,7,9,12,14-17H2,1-3H3,(H,35,36)/t21-,28-/m1/s1. The average molecular weight is 596 g/mol. The van der Waals surface area contributed by atoms with Crippen LogP contribution in [-0.2, 0) is 21.2 Å². The van der Waals surface area contributed by atoms with E-state index in [-0.39, 0.29) is 24.1 Å². The molecule has 222 valence electrons. The van der Waals surface area contributed by atoms with Gasteiger partial charge in [-0.2, -0.15) is 0 Å². The number of nitrogens with zero attached hydrogens (tertiary/aromatic N) is 1. The molecule has 0 radical (unpaired) electrons. The first-order valence-electron chi connectivity index (χ1n) is 14.1. The van der Waals surface area contributed by atoms with Gasteiger partial charge in [-0.3, -0.25) is 4.79 Å². The van der Waals surface area contributed by atoms with Gasteiger partial charge in [0.15, 0.2) is 0 Å². The molecule has 1 saturated heterocycles. The summed E-state index contributed by atoms with van der Waals surface area (Å²) < 4.78 is 58.0. The van der Waals surface area contributed by atoms with Crippen LogP contribution in [0.2, 0.25) is 0 Å². The Morgan fingerprint density at radius 2 is 1.83 bits per heavy atom. The number of sulfonamides is 1. The lowest BCUT2D eigenvalue weighted by Gasteiger charge is -2.36. The van der Waals surface area contributed by atoms with E-state index in [0.717, 1.165) is 39.1 Å². The van der Waals surface area contributed by atoms with Crippen molar-refractivity contribution in [3.63, 3.8) is 0 Å². The molecule has 6 rings (SSSR count). The van der Waals surface area contributed by atoms with Crippen molar-refractivity contribution in [1.29, 1.82) is 0 Å².